The molecule has 0 aliphatic heterocycles. The van der Waals surface area contributed by atoms with Crippen molar-refractivity contribution in [1.29, 1.82) is 0 Å². The molecular formula is C24H19BO7S. The van der Waals surface area contributed by atoms with Crippen molar-refractivity contribution in [2.45, 2.75) is 12.2 Å². The number of carbonyl (C=O) groups excluding carboxylic acids is 2. The third kappa shape index (κ3) is 4.84. The monoisotopic (exact) mass is 462 g/mol. The van der Waals surface area contributed by atoms with Crippen molar-refractivity contribution in [3.63, 3.8) is 0 Å². The predicted molar refractivity (Wildman–Crippen MR) is 122 cm³/mol. The fourth-order valence-electron chi connectivity index (χ4n) is 3.84. The van der Waals surface area contributed by atoms with Crippen molar-refractivity contribution in [2.75, 3.05) is 12.4 Å². The first-order valence-corrected chi connectivity index (χ1v) is 11.7. The van der Waals surface area contributed by atoms with Crippen LogP contribution in [0.15, 0.2) is 66.7 Å². The Morgan fingerprint density at radius 1 is 0.939 bits per heavy atom. The summed E-state index contributed by atoms with van der Waals surface area (Å²) in [6.45, 7) is -0.549. The number of rotatable bonds is 7. The van der Waals surface area contributed by atoms with Gasteiger partial charge in [0.15, 0.2) is 0 Å². The first kappa shape index (κ1) is 22.8. The lowest BCUT2D eigenvalue weighted by Gasteiger charge is -2.16. The van der Waals surface area contributed by atoms with Crippen molar-refractivity contribution in [3.05, 3.63) is 89.0 Å². The lowest BCUT2D eigenvalue weighted by atomic mass is 9.95. The van der Waals surface area contributed by atoms with Gasteiger partial charge in [-0.05, 0) is 34.4 Å². The molecule has 7 nitrogen and oxygen atoms in total. The molecule has 9 heteroatoms. The van der Waals surface area contributed by atoms with Crippen molar-refractivity contribution < 1.29 is 32.0 Å². The molecule has 33 heavy (non-hydrogen) atoms. The highest BCUT2D eigenvalue weighted by Crippen LogP contribution is 2.45. The molecule has 0 heterocycles. The van der Waals surface area contributed by atoms with Crippen molar-refractivity contribution in [2.24, 2.45) is 0 Å². The number of hydrogen-bond acceptors (Lipinski definition) is 6. The minimum absolute atomic E-state index is 0.0401. The number of ether oxygens (including phenoxy) is 2. The maximum absolute atomic E-state index is 13.3. The van der Waals surface area contributed by atoms with Crippen molar-refractivity contribution in [1.82, 2.24) is 0 Å². The van der Waals surface area contributed by atoms with Crippen LogP contribution >= 0.6 is 0 Å². The predicted octanol–water partition coefficient (Wildman–Crippen LogP) is 3.12. The Bertz CT molecular complexity index is 1290. The smallest absolute Gasteiger partial charge is 0.341 e. The molecule has 166 valence electrons. The Kier molecular flexibility index (Phi) is 6.35. The highest BCUT2D eigenvalue weighted by molar-refractivity contribution is 7.85. The average molecular weight is 462 g/mol. The van der Waals surface area contributed by atoms with E-state index in [0.717, 1.165) is 22.3 Å². The van der Waals surface area contributed by atoms with Crippen LogP contribution in [-0.2, 0) is 26.0 Å². The highest BCUT2D eigenvalue weighted by Gasteiger charge is 2.35. The number of esters is 2. The summed E-state index contributed by atoms with van der Waals surface area (Å²) < 4.78 is 41.2. The van der Waals surface area contributed by atoms with Gasteiger partial charge in [0.1, 0.15) is 29.6 Å². The molecule has 0 aromatic heterocycles. The molecule has 0 amide bonds. The Hall–Kier alpha value is -3.43. The largest absolute Gasteiger partial charge is 0.461 e. The molecular weight excluding hydrogens is 443 g/mol. The normalized spacial score (nSPS) is 12.6. The van der Waals surface area contributed by atoms with Crippen LogP contribution in [0.2, 0.25) is 0 Å². The van der Waals surface area contributed by atoms with E-state index in [9.17, 15) is 18.0 Å². The number of benzene rings is 3. The zero-order valence-corrected chi connectivity index (χ0v) is 18.2. The lowest BCUT2D eigenvalue weighted by Crippen LogP contribution is -2.20. The minimum atomic E-state index is -4.29. The van der Waals surface area contributed by atoms with Gasteiger partial charge in [-0.1, -0.05) is 66.5 Å². The van der Waals surface area contributed by atoms with Gasteiger partial charge in [-0.25, -0.2) is 4.79 Å². The van der Waals surface area contributed by atoms with Crippen LogP contribution in [0.3, 0.4) is 0 Å². The first-order valence-electron chi connectivity index (χ1n) is 10.1. The average Bonchev–Trinajstić information content (AvgIpc) is 3.12. The summed E-state index contributed by atoms with van der Waals surface area (Å²) >= 11 is 0. The standard InChI is InChI=1S/C24H19BO7S/c25-14-15-9-10-20(23(26)31-11-12-33(28,29)30)21(13-15)32-24(27)22-18-7-3-1-5-16(18)17-6-2-4-8-19(17)22/h1-10,13,22H,11-12,14H2,(H,28,29,30). The Morgan fingerprint density at radius 2 is 1.55 bits per heavy atom. The summed E-state index contributed by atoms with van der Waals surface area (Å²) in [6, 6.07) is 19.5. The molecule has 4 rings (SSSR count). The molecule has 1 N–H and O–H groups in total. The van der Waals surface area contributed by atoms with E-state index in [-0.39, 0.29) is 17.6 Å². The zero-order valence-electron chi connectivity index (χ0n) is 17.4. The summed E-state index contributed by atoms with van der Waals surface area (Å²) in [5.41, 5.74) is 4.05. The van der Waals surface area contributed by atoms with Crippen LogP contribution in [-0.4, -0.2) is 45.1 Å². The topological polar surface area (TPSA) is 107 Å². The zero-order chi connectivity index (χ0) is 23.6. The van der Waals surface area contributed by atoms with Crippen LogP contribution in [0.25, 0.3) is 11.1 Å². The molecule has 3 aromatic carbocycles. The summed E-state index contributed by atoms with van der Waals surface area (Å²) in [7, 11) is 1.41. The number of fused-ring (bicyclic) bond motifs is 3. The minimum Gasteiger partial charge on any atom is -0.461 e. The molecule has 1 aliphatic carbocycles. The van der Waals surface area contributed by atoms with E-state index in [1.54, 1.807) is 6.07 Å². The van der Waals surface area contributed by atoms with Crippen LogP contribution < -0.4 is 4.74 Å². The van der Waals surface area contributed by atoms with Crippen LogP contribution in [0.4, 0.5) is 0 Å². The maximum Gasteiger partial charge on any atom is 0.341 e. The first-order chi connectivity index (χ1) is 15.8. The maximum atomic E-state index is 13.3. The lowest BCUT2D eigenvalue weighted by molar-refractivity contribution is -0.135. The fraction of sp³-hybridized carbons (Fsp3) is 0.167. The van der Waals surface area contributed by atoms with Gasteiger partial charge in [-0.3, -0.25) is 9.35 Å². The molecule has 0 saturated carbocycles. The molecule has 0 bridgehead atoms. The number of carbonyl (C=O) groups is 2. The van der Waals surface area contributed by atoms with Crippen molar-refractivity contribution >= 4 is 29.9 Å². The van der Waals surface area contributed by atoms with Crippen molar-refractivity contribution in [3.8, 4) is 16.9 Å². The van der Waals surface area contributed by atoms with Gasteiger partial charge in [-0.15, -0.1) is 0 Å². The molecule has 0 atom stereocenters. The molecule has 0 unspecified atom stereocenters. The summed E-state index contributed by atoms with van der Waals surface area (Å²) in [4.78, 5) is 25.9. The van der Waals surface area contributed by atoms with E-state index >= 15 is 0 Å². The van der Waals surface area contributed by atoms with E-state index in [4.69, 9.17) is 21.9 Å². The Morgan fingerprint density at radius 3 is 2.12 bits per heavy atom. The van der Waals surface area contributed by atoms with Crippen LogP contribution in [0.5, 0.6) is 5.75 Å². The van der Waals surface area contributed by atoms with Gasteiger partial charge in [0.2, 0.25) is 0 Å². The summed E-state index contributed by atoms with van der Waals surface area (Å²) in [6.07, 6.45) is 0.151. The van der Waals surface area contributed by atoms with E-state index in [1.165, 1.54) is 12.1 Å². The van der Waals surface area contributed by atoms with Gasteiger partial charge >= 0.3 is 11.9 Å². The molecule has 0 spiro atoms. The third-order valence-electron chi connectivity index (χ3n) is 5.36. The van der Waals surface area contributed by atoms with Gasteiger partial charge < -0.3 is 9.47 Å². The Labute approximate surface area is 192 Å². The van der Waals surface area contributed by atoms with Gasteiger partial charge in [-0.2, -0.15) is 8.42 Å². The van der Waals surface area contributed by atoms with Gasteiger partial charge in [0.25, 0.3) is 10.1 Å². The van der Waals surface area contributed by atoms with Crippen LogP contribution in [0.1, 0.15) is 33.0 Å². The number of hydrogen-bond donors (Lipinski definition) is 1. The van der Waals surface area contributed by atoms with E-state index in [0.29, 0.717) is 5.56 Å². The molecule has 1 aliphatic rings. The second-order valence-electron chi connectivity index (χ2n) is 7.49. The molecule has 3 aromatic rings. The SMILES string of the molecule is [B]Cc1ccc(C(=O)OCCS(=O)(=O)O)c(OC(=O)C2c3ccccc3-c3ccccc32)c1. The molecule has 2 radical (unpaired) electrons. The van der Waals surface area contributed by atoms with E-state index < -0.39 is 40.3 Å². The summed E-state index contributed by atoms with van der Waals surface area (Å²) in [5.74, 6) is -2.93. The van der Waals surface area contributed by atoms with E-state index in [1.807, 2.05) is 48.5 Å². The molecule has 0 saturated heterocycles. The highest BCUT2D eigenvalue weighted by atomic mass is 32.2. The second kappa shape index (κ2) is 9.21. The quantitative estimate of drug-likeness (QED) is 0.249. The fourth-order valence-corrected chi connectivity index (χ4v) is 4.13. The van der Waals surface area contributed by atoms with E-state index in [2.05, 4.69) is 0 Å². The third-order valence-corrected chi connectivity index (χ3v) is 6.04. The summed E-state index contributed by atoms with van der Waals surface area (Å²) in [5, 5.41) is 0. The van der Waals surface area contributed by atoms with Gasteiger partial charge in [0, 0.05) is 0 Å². The molecule has 0 fully saturated rings. The van der Waals surface area contributed by atoms with Gasteiger partial charge in [0.05, 0.1) is 7.85 Å². The second-order valence-corrected chi connectivity index (χ2v) is 9.06. The van der Waals surface area contributed by atoms with Crippen LogP contribution in [0, 0.1) is 0 Å². The Balaban J connectivity index is 1.64.